The number of rotatable bonds is 5. The summed E-state index contributed by atoms with van der Waals surface area (Å²) in [6, 6.07) is 17.6. The minimum Gasteiger partial charge on any atom is -0.324 e. The number of carbonyl (C=O) groups is 1. The van der Waals surface area contributed by atoms with Gasteiger partial charge in [0.2, 0.25) is 5.91 Å². The third-order valence-electron chi connectivity index (χ3n) is 5.24. The topological polar surface area (TPSA) is 50.2 Å². The number of halogens is 1. The minimum atomic E-state index is -0.384. The minimum absolute atomic E-state index is 0.102. The summed E-state index contributed by atoms with van der Waals surface area (Å²) in [5.41, 5.74) is 1.55. The molecule has 1 aromatic heterocycles. The molecular weight excluding hydrogens is 355 g/mol. The SMILES string of the molecule is O=C(Nc1ccc(F)cc1)C(c1ccccc1)N1CCC(n2cccn2)CC1. The second-order valence-electron chi connectivity index (χ2n) is 7.06. The summed E-state index contributed by atoms with van der Waals surface area (Å²) >= 11 is 0. The molecule has 1 N–H and O–H groups in total. The van der Waals surface area contributed by atoms with Crippen molar-refractivity contribution in [2.75, 3.05) is 18.4 Å². The van der Waals surface area contributed by atoms with Crippen LogP contribution in [-0.2, 0) is 4.79 Å². The molecule has 0 radical (unpaired) electrons. The quantitative estimate of drug-likeness (QED) is 0.729. The Morgan fingerprint density at radius 2 is 1.75 bits per heavy atom. The number of nitrogens with zero attached hydrogens (tertiary/aromatic N) is 3. The van der Waals surface area contributed by atoms with E-state index in [-0.39, 0.29) is 17.8 Å². The highest BCUT2D eigenvalue weighted by Gasteiger charge is 2.31. The van der Waals surface area contributed by atoms with Crippen LogP contribution >= 0.6 is 0 Å². The predicted octanol–water partition coefficient (Wildman–Crippen LogP) is 4.04. The lowest BCUT2D eigenvalue weighted by Gasteiger charge is -2.37. The fourth-order valence-corrected chi connectivity index (χ4v) is 3.81. The summed E-state index contributed by atoms with van der Waals surface area (Å²) < 4.78 is 15.2. The van der Waals surface area contributed by atoms with Gasteiger partial charge in [0.25, 0.3) is 0 Å². The zero-order valence-electron chi connectivity index (χ0n) is 15.5. The van der Waals surface area contributed by atoms with Gasteiger partial charge in [0, 0.05) is 31.2 Å². The summed E-state index contributed by atoms with van der Waals surface area (Å²) in [4.78, 5) is 15.4. The van der Waals surface area contributed by atoms with E-state index in [1.807, 2.05) is 47.3 Å². The third kappa shape index (κ3) is 4.12. The second kappa shape index (κ2) is 8.35. The Balaban J connectivity index is 1.51. The zero-order valence-corrected chi connectivity index (χ0v) is 15.5. The van der Waals surface area contributed by atoms with E-state index >= 15 is 0 Å². The van der Waals surface area contributed by atoms with Gasteiger partial charge in [0.05, 0.1) is 6.04 Å². The van der Waals surface area contributed by atoms with E-state index in [4.69, 9.17) is 0 Å². The van der Waals surface area contributed by atoms with E-state index in [1.54, 1.807) is 18.3 Å². The van der Waals surface area contributed by atoms with Crippen molar-refractivity contribution in [2.24, 2.45) is 0 Å². The summed E-state index contributed by atoms with van der Waals surface area (Å²) in [5, 5.41) is 7.29. The average molecular weight is 378 g/mol. The van der Waals surface area contributed by atoms with Gasteiger partial charge in [-0.3, -0.25) is 14.4 Å². The molecule has 5 nitrogen and oxygen atoms in total. The van der Waals surface area contributed by atoms with Gasteiger partial charge in [-0.15, -0.1) is 0 Å². The van der Waals surface area contributed by atoms with Crippen LogP contribution in [0.1, 0.15) is 30.5 Å². The fourth-order valence-electron chi connectivity index (χ4n) is 3.81. The van der Waals surface area contributed by atoms with Crippen LogP contribution in [0.4, 0.5) is 10.1 Å². The van der Waals surface area contributed by atoms with Gasteiger partial charge in [-0.05, 0) is 48.7 Å². The monoisotopic (exact) mass is 378 g/mol. The molecule has 1 saturated heterocycles. The van der Waals surface area contributed by atoms with Crippen LogP contribution in [0.25, 0.3) is 0 Å². The van der Waals surface area contributed by atoms with Gasteiger partial charge in [-0.2, -0.15) is 5.10 Å². The molecule has 1 unspecified atom stereocenters. The summed E-state index contributed by atoms with van der Waals surface area (Å²) in [5.74, 6) is -0.423. The largest absolute Gasteiger partial charge is 0.324 e. The van der Waals surface area contributed by atoms with Crippen molar-refractivity contribution < 1.29 is 9.18 Å². The number of carbonyl (C=O) groups excluding carboxylic acids is 1. The molecule has 144 valence electrons. The van der Waals surface area contributed by atoms with Crippen molar-refractivity contribution in [3.63, 3.8) is 0 Å². The number of aromatic nitrogens is 2. The van der Waals surface area contributed by atoms with Crippen molar-refractivity contribution in [3.8, 4) is 0 Å². The summed E-state index contributed by atoms with van der Waals surface area (Å²) in [6.07, 6.45) is 5.68. The van der Waals surface area contributed by atoms with E-state index < -0.39 is 0 Å². The van der Waals surface area contributed by atoms with Gasteiger partial charge in [0.15, 0.2) is 0 Å². The van der Waals surface area contributed by atoms with E-state index in [0.29, 0.717) is 11.7 Å². The highest BCUT2D eigenvalue weighted by Crippen LogP contribution is 2.30. The van der Waals surface area contributed by atoms with Crippen molar-refractivity contribution in [2.45, 2.75) is 24.9 Å². The number of anilines is 1. The lowest BCUT2D eigenvalue weighted by molar-refractivity contribution is -0.122. The van der Waals surface area contributed by atoms with Crippen molar-refractivity contribution in [1.29, 1.82) is 0 Å². The van der Waals surface area contributed by atoms with Crippen LogP contribution in [-0.4, -0.2) is 33.7 Å². The first-order valence-corrected chi connectivity index (χ1v) is 9.55. The van der Waals surface area contributed by atoms with Crippen LogP contribution in [0.15, 0.2) is 73.1 Å². The van der Waals surface area contributed by atoms with Gasteiger partial charge < -0.3 is 5.32 Å². The molecule has 6 heteroatoms. The Labute approximate surface area is 163 Å². The highest BCUT2D eigenvalue weighted by atomic mass is 19.1. The molecule has 4 rings (SSSR count). The Morgan fingerprint density at radius 1 is 1.04 bits per heavy atom. The third-order valence-corrected chi connectivity index (χ3v) is 5.24. The maximum Gasteiger partial charge on any atom is 0.246 e. The van der Waals surface area contributed by atoms with Gasteiger partial charge in [-0.1, -0.05) is 30.3 Å². The predicted molar refractivity (Wildman–Crippen MR) is 106 cm³/mol. The van der Waals surface area contributed by atoms with Gasteiger partial charge in [-0.25, -0.2) is 4.39 Å². The lowest BCUT2D eigenvalue weighted by Crippen LogP contribution is -2.42. The number of benzene rings is 2. The first-order chi connectivity index (χ1) is 13.7. The van der Waals surface area contributed by atoms with Gasteiger partial charge >= 0.3 is 0 Å². The van der Waals surface area contributed by atoms with E-state index in [0.717, 1.165) is 31.5 Å². The van der Waals surface area contributed by atoms with Crippen LogP contribution in [0.5, 0.6) is 0 Å². The number of nitrogens with one attached hydrogen (secondary N) is 1. The van der Waals surface area contributed by atoms with E-state index in [2.05, 4.69) is 15.3 Å². The number of hydrogen-bond donors (Lipinski definition) is 1. The lowest BCUT2D eigenvalue weighted by atomic mass is 9.98. The average Bonchev–Trinajstić information content (AvgIpc) is 3.26. The van der Waals surface area contributed by atoms with E-state index in [9.17, 15) is 9.18 Å². The van der Waals surface area contributed by atoms with E-state index in [1.165, 1.54) is 12.1 Å². The highest BCUT2D eigenvalue weighted by molar-refractivity contribution is 5.95. The maximum absolute atomic E-state index is 13.2. The molecule has 0 bridgehead atoms. The summed E-state index contributed by atoms with van der Waals surface area (Å²) in [6.45, 7) is 1.61. The Bertz CT molecular complexity index is 888. The molecule has 3 aromatic rings. The fraction of sp³-hybridized carbons (Fsp3) is 0.273. The van der Waals surface area contributed by atoms with Crippen LogP contribution in [0.3, 0.4) is 0 Å². The second-order valence-corrected chi connectivity index (χ2v) is 7.06. The molecule has 1 fully saturated rings. The molecule has 2 aromatic carbocycles. The maximum atomic E-state index is 13.2. The summed E-state index contributed by atoms with van der Waals surface area (Å²) in [7, 11) is 0. The first-order valence-electron chi connectivity index (χ1n) is 9.55. The number of piperidine rings is 1. The molecule has 0 spiro atoms. The van der Waals surface area contributed by atoms with Crippen molar-refractivity contribution in [1.82, 2.24) is 14.7 Å². The molecule has 1 amide bonds. The molecule has 1 atom stereocenters. The molecule has 2 heterocycles. The molecule has 1 aliphatic rings. The standard InChI is InChI=1S/C22H23FN4O/c23-18-7-9-19(10-8-18)25-22(28)21(17-5-2-1-3-6-17)26-15-11-20(12-16-26)27-14-4-13-24-27/h1-10,13-14,20-21H,11-12,15-16H2,(H,25,28). The Kier molecular flexibility index (Phi) is 5.48. The normalized spacial score (nSPS) is 16.6. The van der Waals surface area contributed by atoms with Crippen molar-refractivity contribution in [3.05, 3.63) is 84.4 Å². The first kappa shape index (κ1) is 18.4. The van der Waals surface area contributed by atoms with Crippen LogP contribution in [0, 0.1) is 5.82 Å². The Hall–Kier alpha value is -2.99. The molecular formula is C22H23FN4O. The number of hydrogen-bond acceptors (Lipinski definition) is 3. The smallest absolute Gasteiger partial charge is 0.246 e. The zero-order chi connectivity index (χ0) is 19.3. The number of likely N-dealkylation sites (tertiary alicyclic amines) is 1. The Morgan fingerprint density at radius 3 is 2.39 bits per heavy atom. The molecule has 0 saturated carbocycles. The molecule has 28 heavy (non-hydrogen) atoms. The van der Waals surface area contributed by atoms with Crippen molar-refractivity contribution >= 4 is 11.6 Å². The van der Waals surface area contributed by atoms with Crippen LogP contribution in [0.2, 0.25) is 0 Å². The van der Waals surface area contributed by atoms with Crippen LogP contribution < -0.4 is 5.32 Å². The van der Waals surface area contributed by atoms with Gasteiger partial charge in [0.1, 0.15) is 11.9 Å². The number of amides is 1. The molecule has 1 aliphatic heterocycles. The molecule has 0 aliphatic carbocycles.